The van der Waals surface area contributed by atoms with Gasteiger partial charge in [0.1, 0.15) is 0 Å². The maximum atomic E-state index is 12.4. The highest BCUT2D eigenvalue weighted by Gasteiger charge is 2.34. The second kappa shape index (κ2) is 7.87. The third-order valence-corrected chi connectivity index (χ3v) is 6.75. The van der Waals surface area contributed by atoms with Crippen molar-refractivity contribution < 1.29 is 13.2 Å². The van der Waals surface area contributed by atoms with E-state index in [9.17, 15) is 13.2 Å². The number of amides is 1. The van der Waals surface area contributed by atoms with Gasteiger partial charge in [-0.25, -0.2) is 18.4 Å². The number of nitrogens with one attached hydrogen (secondary N) is 1. The quantitative estimate of drug-likeness (QED) is 0.780. The minimum atomic E-state index is -2.86. The normalized spacial score (nSPS) is 23.2. The van der Waals surface area contributed by atoms with E-state index in [1.54, 1.807) is 0 Å². The zero-order chi connectivity index (χ0) is 18.7. The van der Waals surface area contributed by atoms with E-state index >= 15 is 0 Å². The van der Waals surface area contributed by atoms with Gasteiger partial charge in [0.2, 0.25) is 11.9 Å². The van der Waals surface area contributed by atoms with Crippen LogP contribution >= 0.6 is 0 Å². The van der Waals surface area contributed by atoms with Gasteiger partial charge >= 0.3 is 0 Å². The molecule has 144 valence electrons. The molecule has 9 heteroatoms. The van der Waals surface area contributed by atoms with Crippen LogP contribution in [0.4, 0.5) is 5.95 Å². The minimum absolute atomic E-state index is 0.112. The Balaban J connectivity index is 1.41. The van der Waals surface area contributed by atoms with Gasteiger partial charge in [0, 0.05) is 56.6 Å². The second-order valence-electron chi connectivity index (χ2n) is 7.12. The molecule has 1 amide bonds. The van der Waals surface area contributed by atoms with Gasteiger partial charge in [0.15, 0.2) is 9.84 Å². The number of carbonyl (C=O) groups is 1. The zero-order valence-corrected chi connectivity index (χ0v) is 16.3. The van der Waals surface area contributed by atoms with Crippen LogP contribution in [0.2, 0.25) is 0 Å². The molecule has 2 aliphatic heterocycles. The first-order valence-electron chi connectivity index (χ1n) is 9.11. The van der Waals surface area contributed by atoms with E-state index in [2.05, 4.69) is 20.2 Å². The van der Waals surface area contributed by atoms with Crippen LogP contribution < -0.4 is 5.32 Å². The number of hydrogen-bond donors (Lipinski definition) is 1. The van der Waals surface area contributed by atoms with Crippen molar-refractivity contribution in [3.63, 3.8) is 0 Å². The highest BCUT2D eigenvalue weighted by Crippen LogP contribution is 2.19. The van der Waals surface area contributed by atoms with Crippen molar-refractivity contribution in [1.82, 2.24) is 19.8 Å². The van der Waals surface area contributed by atoms with Gasteiger partial charge in [0.05, 0.1) is 11.5 Å². The van der Waals surface area contributed by atoms with Crippen LogP contribution in [0.5, 0.6) is 0 Å². The van der Waals surface area contributed by atoms with Crippen molar-refractivity contribution in [1.29, 1.82) is 0 Å². The van der Waals surface area contributed by atoms with Gasteiger partial charge in [-0.15, -0.1) is 0 Å². The van der Waals surface area contributed by atoms with Crippen LogP contribution in [0, 0.1) is 13.8 Å². The topological polar surface area (TPSA) is 95.5 Å². The Kier molecular flexibility index (Phi) is 5.76. The molecule has 0 aliphatic carbocycles. The number of aryl methyl sites for hydroxylation is 2. The summed E-state index contributed by atoms with van der Waals surface area (Å²) in [5.74, 6) is 1.23. The molecule has 0 bridgehead atoms. The summed E-state index contributed by atoms with van der Waals surface area (Å²) in [6, 6.07) is 2.03. The van der Waals surface area contributed by atoms with Gasteiger partial charge in [0.25, 0.3) is 0 Å². The van der Waals surface area contributed by atoms with E-state index in [4.69, 9.17) is 0 Å². The monoisotopic (exact) mass is 381 g/mol. The molecule has 0 saturated carbocycles. The summed E-state index contributed by atoms with van der Waals surface area (Å²) in [6.45, 7) is 7.16. The third-order valence-electron chi connectivity index (χ3n) is 5.00. The molecule has 3 rings (SSSR count). The highest BCUT2D eigenvalue weighted by atomic mass is 32.2. The first-order valence-corrected chi connectivity index (χ1v) is 10.9. The van der Waals surface area contributed by atoms with E-state index in [0.29, 0.717) is 37.8 Å². The summed E-state index contributed by atoms with van der Waals surface area (Å²) in [5, 5.41) is 3.11. The number of rotatable bonds is 5. The summed E-state index contributed by atoms with van der Waals surface area (Å²) in [7, 11) is -2.86. The average Bonchev–Trinajstić information content (AvgIpc) is 2.94. The molecule has 2 aliphatic rings. The van der Waals surface area contributed by atoms with Crippen molar-refractivity contribution in [2.45, 2.75) is 32.7 Å². The van der Waals surface area contributed by atoms with Crippen LogP contribution in [0.25, 0.3) is 0 Å². The number of sulfone groups is 1. The molecular weight excluding hydrogens is 354 g/mol. The molecule has 0 aromatic carbocycles. The predicted molar refractivity (Wildman–Crippen MR) is 99.8 cm³/mol. The maximum Gasteiger partial charge on any atom is 0.224 e. The number of piperazine rings is 1. The summed E-state index contributed by atoms with van der Waals surface area (Å²) in [4.78, 5) is 25.1. The summed E-state index contributed by atoms with van der Waals surface area (Å²) >= 11 is 0. The molecule has 2 fully saturated rings. The van der Waals surface area contributed by atoms with Crippen LogP contribution in [0.15, 0.2) is 6.07 Å². The standard InChI is InChI=1S/C17H27N5O3S/c1-13-11-14(2)20-17(19-13)18-5-3-16(23)22-8-6-21(7-9-22)15-4-10-26(24,25)12-15/h11,15H,3-10,12H2,1-2H3,(H,18,19,20)/t15-/m1/s1. The van der Waals surface area contributed by atoms with E-state index in [-0.39, 0.29) is 17.7 Å². The molecule has 1 atom stereocenters. The fourth-order valence-corrected chi connectivity index (χ4v) is 5.41. The molecular formula is C17H27N5O3S. The molecule has 8 nitrogen and oxygen atoms in total. The minimum Gasteiger partial charge on any atom is -0.354 e. The Morgan fingerprint density at radius 2 is 1.85 bits per heavy atom. The van der Waals surface area contributed by atoms with Gasteiger partial charge in [-0.3, -0.25) is 9.69 Å². The molecule has 2 saturated heterocycles. The number of anilines is 1. The number of hydrogen-bond acceptors (Lipinski definition) is 7. The summed E-state index contributed by atoms with van der Waals surface area (Å²) in [6.07, 6.45) is 1.12. The van der Waals surface area contributed by atoms with Crippen LogP contribution in [-0.4, -0.2) is 84.4 Å². The fourth-order valence-electron chi connectivity index (χ4n) is 3.64. The Labute approximate surface area is 154 Å². The summed E-state index contributed by atoms with van der Waals surface area (Å²) < 4.78 is 23.3. The molecule has 1 aromatic heterocycles. The van der Waals surface area contributed by atoms with E-state index in [0.717, 1.165) is 30.9 Å². The van der Waals surface area contributed by atoms with Crippen molar-refractivity contribution in [3.05, 3.63) is 17.5 Å². The van der Waals surface area contributed by atoms with Crippen molar-refractivity contribution in [3.8, 4) is 0 Å². The summed E-state index contributed by atoms with van der Waals surface area (Å²) in [5.41, 5.74) is 1.80. The second-order valence-corrected chi connectivity index (χ2v) is 9.35. The lowest BCUT2D eigenvalue weighted by Crippen LogP contribution is -2.52. The Morgan fingerprint density at radius 3 is 2.42 bits per heavy atom. The molecule has 0 spiro atoms. The Morgan fingerprint density at radius 1 is 1.19 bits per heavy atom. The lowest BCUT2D eigenvalue weighted by atomic mass is 10.2. The van der Waals surface area contributed by atoms with E-state index in [1.165, 1.54) is 0 Å². The van der Waals surface area contributed by atoms with E-state index in [1.807, 2.05) is 24.8 Å². The number of aromatic nitrogens is 2. The molecule has 1 N–H and O–H groups in total. The largest absolute Gasteiger partial charge is 0.354 e. The zero-order valence-electron chi connectivity index (χ0n) is 15.4. The third kappa shape index (κ3) is 4.91. The van der Waals surface area contributed by atoms with Gasteiger partial charge in [-0.1, -0.05) is 0 Å². The van der Waals surface area contributed by atoms with Crippen molar-refractivity contribution >= 4 is 21.7 Å². The Hall–Kier alpha value is -1.74. The fraction of sp³-hybridized carbons (Fsp3) is 0.706. The molecule has 3 heterocycles. The van der Waals surface area contributed by atoms with Crippen LogP contribution in [-0.2, 0) is 14.6 Å². The molecule has 0 radical (unpaired) electrons. The lowest BCUT2D eigenvalue weighted by molar-refractivity contribution is -0.132. The average molecular weight is 382 g/mol. The van der Waals surface area contributed by atoms with Crippen molar-refractivity contribution in [2.24, 2.45) is 0 Å². The van der Waals surface area contributed by atoms with Crippen LogP contribution in [0.3, 0.4) is 0 Å². The SMILES string of the molecule is Cc1cc(C)nc(NCCC(=O)N2CCN([C@@H]3CCS(=O)(=O)C3)CC2)n1. The lowest BCUT2D eigenvalue weighted by Gasteiger charge is -2.37. The smallest absolute Gasteiger partial charge is 0.224 e. The number of carbonyl (C=O) groups excluding carboxylic acids is 1. The number of nitrogens with zero attached hydrogens (tertiary/aromatic N) is 4. The van der Waals surface area contributed by atoms with Crippen molar-refractivity contribution in [2.75, 3.05) is 49.5 Å². The molecule has 26 heavy (non-hydrogen) atoms. The van der Waals surface area contributed by atoms with Crippen LogP contribution in [0.1, 0.15) is 24.2 Å². The molecule has 0 unspecified atom stereocenters. The Bertz CT molecular complexity index is 739. The predicted octanol–water partition coefficient (Wildman–Crippen LogP) is 0.227. The first-order chi connectivity index (χ1) is 12.3. The van der Waals surface area contributed by atoms with Gasteiger partial charge in [-0.05, 0) is 26.3 Å². The van der Waals surface area contributed by atoms with Gasteiger partial charge in [-0.2, -0.15) is 0 Å². The first kappa shape index (κ1) is 19.0. The highest BCUT2D eigenvalue weighted by molar-refractivity contribution is 7.91. The van der Waals surface area contributed by atoms with E-state index < -0.39 is 9.84 Å². The maximum absolute atomic E-state index is 12.4. The van der Waals surface area contributed by atoms with Gasteiger partial charge < -0.3 is 10.2 Å². The molecule has 1 aromatic rings.